The lowest BCUT2D eigenvalue weighted by Crippen LogP contribution is -2.33. The van der Waals surface area contributed by atoms with Crippen LogP contribution in [0.25, 0.3) is 5.65 Å². The van der Waals surface area contributed by atoms with Crippen molar-refractivity contribution >= 4 is 5.65 Å². The van der Waals surface area contributed by atoms with Crippen LogP contribution in [-0.4, -0.2) is 32.6 Å². The largest absolute Gasteiger partial charge is 0.420 e. The highest BCUT2D eigenvalue weighted by atomic mass is 19.4. The first-order valence-electron chi connectivity index (χ1n) is 10.7. The van der Waals surface area contributed by atoms with Crippen LogP contribution in [0.4, 0.5) is 22.0 Å². The van der Waals surface area contributed by atoms with Gasteiger partial charge in [-0.3, -0.25) is 9.30 Å². The van der Waals surface area contributed by atoms with Crippen LogP contribution in [0.1, 0.15) is 55.1 Å². The van der Waals surface area contributed by atoms with Crippen LogP contribution >= 0.6 is 0 Å². The molecule has 9 heteroatoms. The summed E-state index contributed by atoms with van der Waals surface area (Å²) in [5.74, 6) is -0.523. The number of hydrogen-bond donors (Lipinski definition) is 0. The summed E-state index contributed by atoms with van der Waals surface area (Å²) >= 11 is 0. The molecule has 0 spiro atoms. The highest BCUT2D eigenvalue weighted by molar-refractivity contribution is 5.53. The molecule has 4 nitrogen and oxygen atoms in total. The molecular formula is C23H25F5N4. The van der Waals surface area contributed by atoms with Crippen LogP contribution in [-0.2, 0) is 19.1 Å². The second-order valence-electron chi connectivity index (χ2n) is 8.84. The zero-order chi connectivity index (χ0) is 23.0. The second-order valence-corrected chi connectivity index (χ2v) is 8.84. The molecule has 0 amide bonds. The van der Waals surface area contributed by atoms with Gasteiger partial charge in [0.2, 0.25) is 0 Å². The number of pyridine rings is 1. The molecule has 0 saturated carbocycles. The van der Waals surface area contributed by atoms with Crippen LogP contribution in [0, 0.1) is 17.6 Å². The Labute approximate surface area is 183 Å². The van der Waals surface area contributed by atoms with Gasteiger partial charge in [0.1, 0.15) is 23.0 Å². The normalized spacial score (nSPS) is 16.4. The summed E-state index contributed by atoms with van der Waals surface area (Å²) < 4.78 is 70.7. The molecule has 172 valence electrons. The van der Waals surface area contributed by atoms with E-state index < -0.39 is 23.4 Å². The fourth-order valence-electron chi connectivity index (χ4n) is 4.46. The van der Waals surface area contributed by atoms with E-state index >= 15 is 0 Å². The van der Waals surface area contributed by atoms with Crippen LogP contribution in [0.15, 0.2) is 30.5 Å². The van der Waals surface area contributed by atoms with Crippen molar-refractivity contribution in [2.45, 2.75) is 51.7 Å². The van der Waals surface area contributed by atoms with E-state index in [0.29, 0.717) is 43.7 Å². The first-order chi connectivity index (χ1) is 15.1. The number of alkyl halides is 3. The summed E-state index contributed by atoms with van der Waals surface area (Å²) in [7, 11) is 0. The first-order valence-corrected chi connectivity index (χ1v) is 10.7. The number of nitrogens with zero attached hydrogens (tertiary/aromatic N) is 4. The highest BCUT2D eigenvalue weighted by Crippen LogP contribution is 2.37. The maximum absolute atomic E-state index is 14.1. The molecule has 1 saturated heterocycles. The van der Waals surface area contributed by atoms with Gasteiger partial charge in [-0.05, 0) is 61.0 Å². The average molecular weight is 452 g/mol. The minimum atomic E-state index is -4.56. The number of likely N-dealkylation sites (tertiary alicyclic amines) is 1. The van der Waals surface area contributed by atoms with Gasteiger partial charge in [-0.1, -0.05) is 19.9 Å². The number of rotatable bonds is 5. The molecule has 0 unspecified atom stereocenters. The van der Waals surface area contributed by atoms with Crippen molar-refractivity contribution in [2.75, 3.05) is 13.1 Å². The zero-order valence-electron chi connectivity index (χ0n) is 18.0. The summed E-state index contributed by atoms with van der Waals surface area (Å²) in [6.45, 7) is 5.11. The molecule has 32 heavy (non-hydrogen) atoms. The van der Waals surface area contributed by atoms with Gasteiger partial charge in [-0.2, -0.15) is 13.2 Å². The van der Waals surface area contributed by atoms with Crippen molar-refractivity contribution in [2.24, 2.45) is 5.92 Å². The van der Waals surface area contributed by atoms with Crippen LogP contribution < -0.4 is 0 Å². The molecule has 1 aliphatic rings. The number of aromatic nitrogens is 3. The Morgan fingerprint density at radius 3 is 2.41 bits per heavy atom. The van der Waals surface area contributed by atoms with Crippen molar-refractivity contribution < 1.29 is 22.0 Å². The molecule has 0 radical (unpaired) electrons. The van der Waals surface area contributed by atoms with E-state index in [2.05, 4.69) is 10.2 Å². The molecule has 4 rings (SSSR count). The van der Waals surface area contributed by atoms with Crippen molar-refractivity contribution in [1.29, 1.82) is 0 Å². The standard InChI is InChI=1S/C23H25F5N4/c1-14(2)11-20-29-30-22-21(23(26,27)28)16(7-10-32(20)22)13-31-8-5-15(6-9-31)18-4-3-17(24)12-19(18)25/h3-4,7,10,12,14-15H,5-6,8-9,11,13H2,1-2H3. The Bertz CT molecular complexity index is 1100. The third kappa shape index (κ3) is 4.62. The van der Waals surface area contributed by atoms with E-state index in [9.17, 15) is 22.0 Å². The Morgan fingerprint density at radius 1 is 1.06 bits per heavy atom. The lowest BCUT2D eigenvalue weighted by atomic mass is 9.89. The van der Waals surface area contributed by atoms with Gasteiger partial charge in [0.25, 0.3) is 0 Å². The smallest absolute Gasteiger partial charge is 0.299 e. The SMILES string of the molecule is CC(C)Cc1nnc2c(C(F)(F)F)c(CN3CCC(c4ccc(F)cc4F)CC3)ccn12. The third-order valence-corrected chi connectivity index (χ3v) is 5.99. The second kappa shape index (κ2) is 8.77. The van der Waals surface area contributed by atoms with Gasteiger partial charge in [0.05, 0.1) is 0 Å². The predicted octanol–water partition coefficient (Wildman–Crippen LogP) is 5.60. The lowest BCUT2D eigenvalue weighted by molar-refractivity contribution is -0.137. The van der Waals surface area contributed by atoms with E-state index in [1.54, 1.807) is 6.20 Å². The maximum Gasteiger partial charge on any atom is 0.420 e. The first kappa shape index (κ1) is 22.6. The zero-order valence-corrected chi connectivity index (χ0v) is 18.0. The van der Waals surface area contributed by atoms with Gasteiger partial charge >= 0.3 is 6.18 Å². The van der Waals surface area contributed by atoms with Gasteiger partial charge in [0.15, 0.2) is 5.65 Å². The summed E-state index contributed by atoms with van der Waals surface area (Å²) in [4.78, 5) is 1.93. The van der Waals surface area contributed by atoms with E-state index in [-0.39, 0.29) is 29.6 Å². The molecular weight excluding hydrogens is 427 g/mol. The van der Waals surface area contributed by atoms with Crippen molar-refractivity contribution in [1.82, 2.24) is 19.5 Å². The van der Waals surface area contributed by atoms with E-state index in [1.807, 2.05) is 18.7 Å². The molecule has 0 atom stereocenters. The van der Waals surface area contributed by atoms with Gasteiger partial charge < -0.3 is 0 Å². The monoisotopic (exact) mass is 452 g/mol. The maximum atomic E-state index is 14.1. The number of halogens is 5. The molecule has 0 bridgehead atoms. The topological polar surface area (TPSA) is 33.4 Å². The van der Waals surface area contributed by atoms with Gasteiger partial charge in [0, 0.05) is 25.2 Å². The number of benzene rings is 1. The van der Waals surface area contributed by atoms with Crippen molar-refractivity contribution in [3.63, 3.8) is 0 Å². The molecule has 2 aromatic heterocycles. The Hall–Kier alpha value is -2.55. The highest BCUT2D eigenvalue weighted by Gasteiger charge is 2.38. The van der Waals surface area contributed by atoms with Crippen molar-refractivity contribution in [3.05, 3.63) is 64.6 Å². The lowest BCUT2D eigenvalue weighted by Gasteiger charge is -2.33. The molecule has 1 aromatic carbocycles. The number of piperidine rings is 1. The van der Waals surface area contributed by atoms with Crippen LogP contribution in [0.2, 0.25) is 0 Å². The number of hydrogen-bond acceptors (Lipinski definition) is 3. The molecule has 3 aromatic rings. The molecule has 0 aliphatic carbocycles. The minimum Gasteiger partial charge on any atom is -0.299 e. The van der Waals surface area contributed by atoms with Crippen LogP contribution in [0.3, 0.4) is 0 Å². The molecule has 0 N–H and O–H groups in total. The van der Waals surface area contributed by atoms with Crippen LogP contribution in [0.5, 0.6) is 0 Å². The molecule has 3 heterocycles. The summed E-state index contributed by atoms with van der Waals surface area (Å²) in [5.41, 5.74) is -0.312. The van der Waals surface area contributed by atoms with E-state index in [4.69, 9.17) is 0 Å². The van der Waals surface area contributed by atoms with Gasteiger partial charge in [-0.25, -0.2) is 8.78 Å². The predicted molar refractivity (Wildman–Crippen MR) is 110 cm³/mol. The van der Waals surface area contributed by atoms with Gasteiger partial charge in [-0.15, -0.1) is 10.2 Å². The molecule has 1 fully saturated rings. The number of fused-ring (bicyclic) bond motifs is 1. The molecule has 1 aliphatic heterocycles. The average Bonchev–Trinajstić information content (AvgIpc) is 3.09. The fraction of sp³-hybridized carbons (Fsp3) is 0.478. The van der Waals surface area contributed by atoms with E-state index in [1.165, 1.54) is 22.6 Å². The summed E-state index contributed by atoms with van der Waals surface area (Å²) in [6.07, 6.45) is -1.23. The van der Waals surface area contributed by atoms with Crippen molar-refractivity contribution in [3.8, 4) is 0 Å². The summed E-state index contributed by atoms with van der Waals surface area (Å²) in [5, 5.41) is 7.86. The quantitative estimate of drug-likeness (QED) is 0.472. The Balaban J connectivity index is 1.54. The minimum absolute atomic E-state index is 0.0773. The fourth-order valence-corrected chi connectivity index (χ4v) is 4.46. The Kier molecular flexibility index (Phi) is 6.20. The third-order valence-electron chi connectivity index (χ3n) is 5.99. The Morgan fingerprint density at radius 2 is 1.78 bits per heavy atom. The summed E-state index contributed by atoms with van der Waals surface area (Å²) in [6, 6.07) is 5.07. The van der Waals surface area contributed by atoms with E-state index in [0.717, 1.165) is 6.07 Å².